The van der Waals surface area contributed by atoms with Crippen LogP contribution in [0.3, 0.4) is 0 Å². The highest BCUT2D eigenvalue weighted by Crippen LogP contribution is 2.24. The molecule has 0 aliphatic carbocycles. The molecule has 0 spiro atoms. The Labute approximate surface area is 145 Å². The molecule has 1 N–H and O–H groups in total. The summed E-state index contributed by atoms with van der Waals surface area (Å²) < 4.78 is 0. The Balaban J connectivity index is 2.08. The normalized spacial score (nSPS) is 21.2. The second-order valence-electron chi connectivity index (χ2n) is 7.01. The number of β-amino-alcohol motifs (C(OH)–C–C–N with tert-alkyl or cyclic N) is 1. The molecular formula is C19H31N3O2. The van der Waals surface area contributed by atoms with Gasteiger partial charge in [-0.05, 0) is 65.0 Å². The maximum atomic E-state index is 12.8. The third-order valence-electron chi connectivity index (χ3n) is 4.70. The lowest BCUT2D eigenvalue weighted by Crippen LogP contribution is -2.54. The molecule has 2 rings (SSSR count). The van der Waals surface area contributed by atoms with Crippen LogP contribution in [0, 0.1) is 0 Å². The summed E-state index contributed by atoms with van der Waals surface area (Å²) in [6.07, 6.45) is 1.59. The summed E-state index contributed by atoms with van der Waals surface area (Å²) in [4.78, 5) is 18.8. The molecule has 1 aromatic rings. The highest BCUT2D eigenvalue weighted by Gasteiger charge is 2.35. The second-order valence-corrected chi connectivity index (χ2v) is 7.01. The predicted molar refractivity (Wildman–Crippen MR) is 98.6 cm³/mol. The van der Waals surface area contributed by atoms with Crippen LogP contribution in [-0.4, -0.2) is 73.2 Å². The van der Waals surface area contributed by atoms with E-state index in [4.69, 9.17) is 0 Å². The van der Waals surface area contributed by atoms with Gasteiger partial charge >= 0.3 is 0 Å². The van der Waals surface area contributed by atoms with E-state index in [1.54, 1.807) is 4.90 Å². The first kappa shape index (κ1) is 18.7. The van der Waals surface area contributed by atoms with Gasteiger partial charge in [0, 0.05) is 37.4 Å². The van der Waals surface area contributed by atoms with Crippen LogP contribution >= 0.6 is 0 Å². The third kappa shape index (κ3) is 4.48. The van der Waals surface area contributed by atoms with Gasteiger partial charge in [0.05, 0.1) is 12.1 Å². The smallest absolute Gasteiger partial charge is 0.253 e. The van der Waals surface area contributed by atoms with Gasteiger partial charge in [0.25, 0.3) is 5.91 Å². The number of hydrogen-bond donors (Lipinski definition) is 1. The number of nitrogens with zero attached hydrogens (tertiary/aromatic N) is 3. The Morgan fingerprint density at radius 3 is 2.38 bits per heavy atom. The van der Waals surface area contributed by atoms with E-state index in [0.29, 0.717) is 25.2 Å². The number of aliphatic hydroxyl groups is 1. The van der Waals surface area contributed by atoms with Crippen LogP contribution in [0.15, 0.2) is 24.3 Å². The summed E-state index contributed by atoms with van der Waals surface area (Å²) in [6.45, 7) is 7.86. The van der Waals surface area contributed by atoms with Crippen molar-refractivity contribution in [2.24, 2.45) is 0 Å². The summed E-state index contributed by atoms with van der Waals surface area (Å²) >= 11 is 0. The van der Waals surface area contributed by atoms with Gasteiger partial charge in [-0.1, -0.05) is 0 Å². The number of rotatable bonds is 6. The van der Waals surface area contributed by atoms with E-state index < -0.39 is 5.60 Å². The number of likely N-dealkylation sites (tertiary alicyclic amines) is 1. The van der Waals surface area contributed by atoms with Crippen LogP contribution in [0.4, 0.5) is 5.69 Å². The molecule has 1 atom stereocenters. The van der Waals surface area contributed by atoms with Crippen LogP contribution in [0.25, 0.3) is 0 Å². The minimum absolute atomic E-state index is 0.0120. The number of piperidine rings is 1. The molecule has 134 valence electrons. The molecule has 5 nitrogen and oxygen atoms in total. The summed E-state index contributed by atoms with van der Waals surface area (Å²) in [6, 6.07) is 7.82. The number of anilines is 1. The van der Waals surface area contributed by atoms with E-state index in [0.717, 1.165) is 31.6 Å². The highest BCUT2D eigenvalue weighted by molar-refractivity contribution is 5.94. The molecule has 1 aliphatic rings. The fraction of sp³-hybridized carbons (Fsp3) is 0.632. The largest absolute Gasteiger partial charge is 0.387 e. The standard InChI is InChI=1S/C19H31N3O2/c1-5-21(6-2)17-10-8-16(9-11-17)18(23)22-13-7-12-19(24,15-22)14-20(3)4/h8-11,24H,5-7,12-15H2,1-4H3. The topological polar surface area (TPSA) is 47.0 Å². The van der Waals surface area contributed by atoms with Crippen LogP contribution in [0.1, 0.15) is 37.0 Å². The molecule has 0 radical (unpaired) electrons. The molecule has 0 bridgehead atoms. The fourth-order valence-corrected chi connectivity index (χ4v) is 3.59. The minimum Gasteiger partial charge on any atom is -0.387 e. The third-order valence-corrected chi connectivity index (χ3v) is 4.70. The van der Waals surface area contributed by atoms with Crippen molar-refractivity contribution in [1.82, 2.24) is 9.80 Å². The van der Waals surface area contributed by atoms with Gasteiger partial charge in [-0.15, -0.1) is 0 Å². The molecule has 1 aliphatic heterocycles. The van der Waals surface area contributed by atoms with E-state index in [9.17, 15) is 9.90 Å². The number of likely N-dealkylation sites (N-methyl/N-ethyl adjacent to an activating group) is 1. The molecular weight excluding hydrogens is 302 g/mol. The van der Waals surface area contributed by atoms with Crippen molar-refractivity contribution in [2.45, 2.75) is 32.3 Å². The Bertz CT molecular complexity index is 540. The maximum Gasteiger partial charge on any atom is 0.253 e. The lowest BCUT2D eigenvalue weighted by atomic mass is 9.92. The quantitative estimate of drug-likeness (QED) is 0.866. The summed E-state index contributed by atoms with van der Waals surface area (Å²) in [5.74, 6) is 0.0120. The number of benzene rings is 1. The van der Waals surface area contributed by atoms with E-state index in [2.05, 4.69) is 18.7 Å². The minimum atomic E-state index is -0.807. The average molecular weight is 333 g/mol. The lowest BCUT2D eigenvalue weighted by molar-refractivity contribution is -0.0391. The molecule has 1 fully saturated rings. The Morgan fingerprint density at radius 1 is 1.21 bits per heavy atom. The van der Waals surface area contributed by atoms with Gasteiger partial charge in [0.2, 0.25) is 0 Å². The SMILES string of the molecule is CCN(CC)c1ccc(C(=O)N2CCCC(O)(CN(C)C)C2)cc1. The van der Waals surface area contributed by atoms with Crippen molar-refractivity contribution < 1.29 is 9.90 Å². The van der Waals surface area contributed by atoms with E-state index in [1.165, 1.54) is 0 Å². The van der Waals surface area contributed by atoms with Crippen molar-refractivity contribution in [1.29, 1.82) is 0 Å². The van der Waals surface area contributed by atoms with Crippen LogP contribution in [-0.2, 0) is 0 Å². The van der Waals surface area contributed by atoms with Crippen LogP contribution < -0.4 is 4.90 Å². The van der Waals surface area contributed by atoms with Gasteiger partial charge < -0.3 is 19.8 Å². The molecule has 24 heavy (non-hydrogen) atoms. The van der Waals surface area contributed by atoms with Crippen molar-refractivity contribution in [3.63, 3.8) is 0 Å². The summed E-state index contributed by atoms with van der Waals surface area (Å²) in [7, 11) is 3.90. The van der Waals surface area contributed by atoms with Crippen LogP contribution in [0.5, 0.6) is 0 Å². The van der Waals surface area contributed by atoms with Gasteiger partial charge in [0.1, 0.15) is 0 Å². The summed E-state index contributed by atoms with van der Waals surface area (Å²) in [5, 5.41) is 10.7. The molecule has 5 heteroatoms. The van der Waals surface area contributed by atoms with E-state index in [-0.39, 0.29) is 5.91 Å². The maximum absolute atomic E-state index is 12.8. The lowest BCUT2D eigenvalue weighted by Gasteiger charge is -2.40. The Morgan fingerprint density at radius 2 is 1.83 bits per heavy atom. The second kappa shape index (κ2) is 7.99. The highest BCUT2D eigenvalue weighted by atomic mass is 16.3. The predicted octanol–water partition coefficient (Wildman–Crippen LogP) is 2.06. The first-order valence-corrected chi connectivity index (χ1v) is 8.90. The zero-order valence-electron chi connectivity index (χ0n) is 15.5. The fourth-order valence-electron chi connectivity index (χ4n) is 3.59. The molecule has 1 amide bonds. The number of carbonyl (C=O) groups excluding carboxylic acids is 1. The molecule has 1 saturated heterocycles. The Kier molecular flexibility index (Phi) is 6.24. The molecule has 1 heterocycles. The number of hydrogen-bond acceptors (Lipinski definition) is 4. The van der Waals surface area contributed by atoms with Crippen LogP contribution in [0.2, 0.25) is 0 Å². The van der Waals surface area contributed by atoms with Gasteiger partial charge in [-0.3, -0.25) is 4.79 Å². The first-order chi connectivity index (χ1) is 11.4. The number of amides is 1. The summed E-state index contributed by atoms with van der Waals surface area (Å²) in [5.41, 5.74) is 1.03. The van der Waals surface area contributed by atoms with Crippen molar-refractivity contribution >= 4 is 11.6 Å². The van der Waals surface area contributed by atoms with Gasteiger partial charge in [-0.2, -0.15) is 0 Å². The molecule has 1 unspecified atom stereocenters. The van der Waals surface area contributed by atoms with E-state index >= 15 is 0 Å². The van der Waals surface area contributed by atoms with Gasteiger partial charge in [0.15, 0.2) is 0 Å². The Hall–Kier alpha value is -1.59. The van der Waals surface area contributed by atoms with Crippen molar-refractivity contribution in [3.05, 3.63) is 29.8 Å². The first-order valence-electron chi connectivity index (χ1n) is 8.90. The van der Waals surface area contributed by atoms with Crippen molar-refractivity contribution in [3.8, 4) is 0 Å². The van der Waals surface area contributed by atoms with Gasteiger partial charge in [-0.25, -0.2) is 0 Å². The van der Waals surface area contributed by atoms with E-state index in [1.807, 2.05) is 43.3 Å². The number of carbonyl (C=O) groups is 1. The average Bonchev–Trinajstić information content (AvgIpc) is 2.55. The molecule has 1 aromatic carbocycles. The zero-order chi connectivity index (χ0) is 17.7. The molecule has 0 aromatic heterocycles. The monoisotopic (exact) mass is 333 g/mol. The molecule has 0 saturated carbocycles. The zero-order valence-corrected chi connectivity index (χ0v) is 15.5. The van der Waals surface area contributed by atoms with Crippen molar-refractivity contribution in [2.75, 3.05) is 51.7 Å².